The molecule has 0 bridgehead atoms. The number of benzene rings is 2. The number of aryl methyl sites for hydroxylation is 1. The molecular weight excluding hydrogens is 330 g/mol. The lowest BCUT2D eigenvalue weighted by Gasteiger charge is -2.06. The molecule has 0 N–H and O–H groups in total. The van der Waals surface area contributed by atoms with Crippen molar-refractivity contribution in [2.24, 2.45) is 0 Å². The van der Waals surface area contributed by atoms with E-state index in [-0.39, 0.29) is 11.5 Å². The van der Waals surface area contributed by atoms with Gasteiger partial charge in [0.1, 0.15) is 11.3 Å². The topological polar surface area (TPSA) is 91.2 Å². The molecule has 0 radical (unpaired) electrons. The van der Waals surface area contributed by atoms with Crippen LogP contribution in [0.5, 0.6) is 5.75 Å². The molecule has 1 atom stereocenters. The van der Waals surface area contributed by atoms with E-state index in [1.165, 1.54) is 19.1 Å². The highest BCUT2D eigenvalue weighted by Gasteiger charge is 2.13. The highest BCUT2D eigenvalue weighted by atomic mass is 32.2. The Morgan fingerprint density at radius 3 is 2.54 bits per heavy atom. The fraction of sp³-hybridized carbons (Fsp3) is 0.125. The lowest BCUT2D eigenvalue weighted by Crippen LogP contribution is -2.29. The summed E-state index contributed by atoms with van der Waals surface area (Å²) < 4.78 is 18.2. The van der Waals surface area contributed by atoms with Gasteiger partial charge < -0.3 is 4.18 Å². The molecule has 3 rings (SSSR count). The van der Waals surface area contributed by atoms with Crippen molar-refractivity contribution >= 4 is 28.0 Å². The van der Waals surface area contributed by atoms with E-state index in [9.17, 15) is 13.8 Å². The first kappa shape index (κ1) is 16.0. The summed E-state index contributed by atoms with van der Waals surface area (Å²) in [4.78, 5) is 23.6. The van der Waals surface area contributed by atoms with Crippen LogP contribution in [0.25, 0.3) is 10.9 Å². The summed E-state index contributed by atoms with van der Waals surface area (Å²) in [5, 5.41) is 7.84. The molecule has 8 heteroatoms. The quantitative estimate of drug-likeness (QED) is 0.671. The summed E-state index contributed by atoms with van der Waals surface area (Å²) >= 11 is -2.18. The van der Waals surface area contributed by atoms with Gasteiger partial charge in [0.2, 0.25) is 0 Å². The second-order valence-electron chi connectivity index (χ2n) is 5.17. The van der Waals surface area contributed by atoms with Crippen LogP contribution in [0.2, 0.25) is 0 Å². The molecule has 3 aromatic rings. The molecule has 1 heterocycles. The number of aromatic nitrogens is 3. The minimum Gasteiger partial charge on any atom is -0.384 e. The summed E-state index contributed by atoms with van der Waals surface area (Å²) in [6.45, 7) is 3.29. The Bertz CT molecular complexity index is 1010. The third-order valence-electron chi connectivity index (χ3n) is 3.36. The van der Waals surface area contributed by atoms with Crippen molar-refractivity contribution in [1.29, 1.82) is 0 Å². The van der Waals surface area contributed by atoms with Gasteiger partial charge in [0, 0.05) is 5.56 Å². The summed E-state index contributed by atoms with van der Waals surface area (Å²) in [6.07, 6.45) is 0. The molecule has 7 nitrogen and oxygen atoms in total. The average Bonchev–Trinajstić information content (AvgIpc) is 2.56. The Kier molecular flexibility index (Phi) is 4.22. The van der Waals surface area contributed by atoms with Crippen LogP contribution < -0.4 is 9.74 Å². The van der Waals surface area contributed by atoms with Gasteiger partial charge in [0.05, 0.1) is 5.39 Å². The molecule has 0 aliphatic carbocycles. The molecule has 0 amide bonds. The van der Waals surface area contributed by atoms with E-state index < -0.39 is 16.8 Å². The molecule has 0 aliphatic heterocycles. The summed E-state index contributed by atoms with van der Waals surface area (Å²) in [6, 6.07) is 11.2. The van der Waals surface area contributed by atoms with Gasteiger partial charge in [-0.15, -0.1) is 5.10 Å². The first-order chi connectivity index (χ1) is 11.5. The smallest absolute Gasteiger partial charge is 0.344 e. The second kappa shape index (κ2) is 6.32. The van der Waals surface area contributed by atoms with Gasteiger partial charge in [0.15, 0.2) is 5.78 Å². The van der Waals surface area contributed by atoms with Crippen molar-refractivity contribution in [3.8, 4) is 5.75 Å². The van der Waals surface area contributed by atoms with Gasteiger partial charge in [-0.1, -0.05) is 15.7 Å². The third-order valence-corrected chi connectivity index (χ3v) is 4.22. The van der Waals surface area contributed by atoms with E-state index in [1.54, 1.807) is 24.3 Å². The predicted molar refractivity (Wildman–Crippen MR) is 89.1 cm³/mol. The molecule has 1 aromatic heterocycles. The van der Waals surface area contributed by atoms with Crippen molar-refractivity contribution in [3.05, 3.63) is 63.9 Å². The minimum atomic E-state index is -2.18. The fourth-order valence-electron chi connectivity index (χ4n) is 2.10. The van der Waals surface area contributed by atoms with E-state index in [2.05, 4.69) is 10.3 Å². The van der Waals surface area contributed by atoms with Gasteiger partial charge in [0.25, 0.3) is 5.56 Å². The van der Waals surface area contributed by atoms with Crippen LogP contribution in [0, 0.1) is 6.92 Å². The number of hydrogen-bond donors (Lipinski definition) is 0. The summed E-state index contributed by atoms with van der Waals surface area (Å²) in [5.74, 6) is 0.158. The summed E-state index contributed by atoms with van der Waals surface area (Å²) in [7, 11) is 0. The van der Waals surface area contributed by atoms with Crippen LogP contribution >= 0.6 is 0 Å². The minimum absolute atomic E-state index is 0.0883. The zero-order valence-corrected chi connectivity index (χ0v) is 13.7. The summed E-state index contributed by atoms with van der Waals surface area (Å²) in [5.41, 5.74) is 1.25. The molecule has 2 aromatic carbocycles. The Hall–Kier alpha value is -2.87. The molecule has 1 unspecified atom stereocenters. The monoisotopic (exact) mass is 343 g/mol. The van der Waals surface area contributed by atoms with Gasteiger partial charge in [-0.25, -0.2) is 0 Å². The number of hydrogen-bond acceptors (Lipinski definition) is 6. The molecule has 0 saturated heterocycles. The molecule has 0 fully saturated rings. The van der Waals surface area contributed by atoms with E-state index >= 15 is 0 Å². The lowest BCUT2D eigenvalue weighted by molar-refractivity contribution is 0.101. The van der Waals surface area contributed by atoms with Crippen molar-refractivity contribution < 1.29 is 13.2 Å². The van der Waals surface area contributed by atoms with E-state index in [0.29, 0.717) is 20.6 Å². The lowest BCUT2D eigenvalue weighted by atomic mass is 10.1. The standard InChI is InChI=1S/C16H13N3O4S/c1-10-3-8-15-14(9-10)16(21)19(18-17-15)24(22)23-13-6-4-12(5-7-13)11(2)20/h3-9H,1-2H3. The van der Waals surface area contributed by atoms with Crippen LogP contribution in [0.4, 0.5) is 0 Å². The second-order valence-corrected chi connectivity index (χ2v) is 6.12. The highest BCUT2D eigenvalue weighted by molar-refractivity contribution is 7.78. The van der Waals surface area contributed by atoms with E-state index in [0.717, 1.165) is 5.56 Å². The number of ketones is 1. The molecule has 24 heavy (non-hydrogen) atoms. The zero-order chi connectivity index (χ0) is 17.3. The number of carbonyl (C=O) groups is 1. The van der Waals surface area contributed by atoms with Crippen molar-refractivity contribution in [2.45, 2.75) is 13.8 Å². The number of fused-ring (bicyclic) bond motifs is 1. The maximum absolute atomic E-state index is 12.4. The first-order valence-electron chi connectivity index (χ1n) is 7.03. The highest BCUT2D eigenvalue weighted by Crippen LogP contribution is 2.14. The molecular formula is C16H13N3O4S. The first-order valence-corrected chi connectivity index (χ1v) is 8.07. The maximum atomic E-state index is 12.4. The molecule has 0 spiro atoms. The average molecular weight is 343 g/mol. The predicted octanol–water partition coefficient (Wildman–Crippen LogP) is 1.81. The molecule has 122 valence electrons. The van der Waals surface area contributed by atoms with Crippen LogP contribution in [-0.4, -0.2) is 24.4 Å². The maximum Gasteiger partial charge on any atom is 0.344 e. The van der Waals surface area contributed by atoms with Gasteiger partial charge in [-0.3, -0.25) is 9.59 Å². The number of nitrogens with zero attached hydrogens (tertiary/aromatic N) is 3. The van der Waals surface area contributed by atoms with Crippen LogP contribution in [-0.2, 0) is 11.3 Å². The molecule has 0 saturated carbocycles. The van der Waals surface area contributed by atoms with E-state index in [1.807, 2.05) is 13.0 Å². The Morgan fingerprint density at radius 1 is 1.17 bits per heavy atom. The molecule has 0 aliphatic rings. The van der Waals surface area contributed by atoms with Crippen LogP contribution in [0.1, 0.15) is 22.8 Å². The number of rotatable bonds is 4. The Morgan fingerprint density at radius 2 is 1.88 bits per heavy atom. The SMILES string of the molecule is CC(=O)c1ccc(OS(=O)n2nnc3ccc(C)cc3c2=O)cc1. The zero-order valence-electron chi connectivity index (χ0n) is 12.9. The normalized spacial score (nSPS) is 12.1. The number of carbonyl (C=O) groups excluding carboxylic acids is 1. The van der Waals surface area contributed by atoms with Gasteiger partial charge in [-0.2, -0.15) is 4.21 Å². The Balaban J connectivity index is 1.92. The van der Waals surface area contributed by atoms with E-state index in [4.69, 9.17) is 4.18 Å². The van der Waals surface area contributed by atoms with Gasteiger partial charge >= 0.3 is 11.3 Å². The Labute approximate surface area is 139 Å². The fourth-order valence-corrected chi connectivity index (χ4v) is 2.78. The number of Topliss-reactive ketones (excluding diaryl/α,β-unsaturated/α-hetero) is 1. The van der Waals surface area contributed by atoms with Crippen molar-refractivity contribution in [2.75, 3.05) is 0 Å². The largest absolute Gasteiger partial charge is 0.384 e. The van der Waals surface area contributed by atoms with Crippen LogP contribution in [0.3, 0.4) is 0 Å². The van der Waals surface area contributed by atoms with Crippen molar-refractivity contribution in [3.63, 3.8) is 0 Å². The van der Waals surface area contributed by atoms with Crippen LogP contribution in [0.15, 0.2) is 47.3 Å². The third kappa shape index (κ3) is 3.09. The van der Waals surface area contributed by atoms with Crippen molar-refractivity contribution in [1.82, 2.24) is 14.4 Å². The van der Waals surface area contributed by atoms with Gasteiger partial charge in [-0.05, 0) is 55.5 Å².